The summed E-state index contributed by atoms with van der Waals surface area (Å²) in [6, 6.07) is 2.23. The van der Waals surface area contributed by atoms with E-state index < -0.39 is 0 Å². The topological polar surface area (TPSA) is 33.0 Å². The third kappa shape index (κ3) is 2.51. The van der Waals surface area contributed by atoms with Crippen LogP contribution in [0, 0.1) is 17.2 Å². The van der Waals surface area contributed by atoms with Gasteiger partial charge in [0.15, 0.2) is 0 Å². The van der Waals surface area contributed by atoms with Gasteiger partial charge in [-0.3, -0.25) is 0 Å². The fourth-order valence-corrected chi connectivity index (χ4v) is 1.70. The maximum Gasteiger partial charge on any atom is 0.0624 e. The van der Waals surface area contributed by atoms with Gasteiger partial charge in [-0.1, -0.05) is 0 Å². The van der Waals surface area contributed by atoms with E-state index >= 15 is 0 Å². The summed E-state index contributed by atoms with van der Waals surface area (Å²) in [5, 5.41) is 8.46. The van der Waals surface area contributed by atoms with E-state index in [2.05, 4.69) is 6.07 Å². The number of hydrogen-bond acceptors (Lipinski definition) is 2. The lowest BCUT2D eigenvalue weighted by atomic mass is 9.86. The van der Waals surface area contributed by atoms with Crippen LogP contribution in [0.5, 0.6) is 0 Å². The zero-order valence-corrected chi connectivity index (χ0v) is 7.05. The van der Waals surface area contributed by atoms with Crippen LogP contribution in [0.1, 0.15) is 32.1 Å². The van der Waals surface area contributed by atoms with Crippen molar-refractivity contribution in [3.05, 3.63) is 0 Å². The highest BCUT2D eigenvalue weighted by molar-refractivity contribution is 4.80. The summed E-state index contributed by atoms with van der Waals surface area (Å²) in [5.41, 5.74) is 0. The van der Waals surface area contributed by atoms with Gasteiger partial charge in [0, 0.05) is 13.5 Å². The van der Waals surface area contributed by atoms with Crippen molar-refractivity contribution >= 4 is 0 Å². The minimum atomic E-state index is 0.463. The quantitative estimate of drug-likeness (QED) is 0.608. The molecule has 0 atom stereocenters. The van der Waals surface area contributed by atoms with E-state index in [1.54, 1.807) is 7.11 Å². The Morgan fingerprint density at radius 2 is 2.00 bits per heavy atom. The van der Waals surface area contributed by atoms with Crippen LogP contribution >= 0.6 is 0 Å². The van der Waals surface area contributed by atoms with Crippen LogP contribution in [-0.2, 0) is 4.74 Å². The highest BCUT2D eigenvalue weighted by Crippen LogP contribution is 2.27. The third-order valence-corrected chi connectivity index (χ3v) is 2.51. The first-order chi connectivity index (χ1) is 5.36. The Balaban J connectivity index is 2.20. The summed E-state index contributed by atoms with van der Waals surface area (Å²) in [5.74, 6) is 0.645. The van der Waals surface area contributed by atoms with Crippen molar-refractivity contribution in [3.8, 4) is 6.07 Å². The normalized spacial score (nSPS) is 31.3. The molecule has 0 unspecified atom stereocenters. The van der Waals surface area contributed by atoms with Gasteiger partial charge in [0.2, 0.25) is 0 Å². The largest absolute Gasteiger partial charge is 0.381 e. The molecule has 0 aliphatic heterocycles. The third-order valence-electron chi connectivity index (χ3n) is 2.51. The molecule has 2 nitrogen and oxygen atoms in total. The number of ether oxygens (including phenoxy) is 1. The number of rotatable bonds is 2. The van der Waals surface area contributed by atoms with E-state index in [0.29, 0.717) is 12.0 Å². The van der Waals surface area contributed by atoms with Gasteiger partial charge in [-0.25, -0.2) is 0 Å². The molecule has 1 fully saturated rings. The highest BCUT2D eigenvalue weighted by Gasteiger charge is 2.19. The second-order valence-electron chi connectivity index (χ2n) is 3.24. The van der Waals surface area contributed by atoms with Gasteiger partial charge in [-0.05, 0) is 31.6 Å². The first kappa shape index (κ1) is 8.55. The molecule has 0 amide bonds. The van der Waals surface area contributed by atoms with E-state index in [4.69, 9.17) is 10.00 Å². The molecule has 1 aliphatic carbocycles. The Morgan fingerprint density at radius 3 is 2.45 bits per heavy atom. The maximum atomic E-state index is 8.46. The molecule has 1 aliphatic rings. The standard InChI is InChI=1S/C9H15NO/c1-11-9-4-2-8(3-5-9)6-7-10/h8-9H,2-6H2,1H3. The van der Waals surface area contributed by atoms with E-state index in [1.165, 1.54) is 12.8 Å². The summed E-state index contributed by atoms with van der Waals surface area (Å²) >= 11 is 0. The van der Waals surface area contributed by atoms with Gasteiger partial charge < -0.3 is 4.74 Å². The summed E-state index contributed by atoms with van der Waals surface area (Å²) in [7, 11) is 1.77. The molecule has 0 heterocycles. The smallest absolute Gasteiger partial charge is 0.0624 e. The van der Waals surface area contributed by atoms with Gasteiger partial charge in [-0.15, -0.1) is 0 Å². The summed E-state index contributed by atoms with van der Waals surface area (Å²) in [6.45, 7) is 0. The van der Waals surface area contributed by atoms with Gasteiger partial charge in [0.1, 0.15) is 0 Å². The van der Waals surface area contributed by atoms with Crippen LogP contribution in [0.3, 0.4) is 0 Å². The highest BCUT2D eigenvalue weighted by atomic mass is 16.5. The van der Waals surface area contributed by atoms with E-state index in [-0.39, 0.29) is 0 Å². The Kier molecular flexibility index (Phi) is 3.38. The van der Waals surface area contributed by atoms with Gasteiger partial charge in [0.25, 0.3) is 0 Å². The molecular weight excluding hydrogens is 138 g/mol. The van der Waals surface area contributed by atoms with Gasteiger partial charge >= 0.3 is 0 Å². The SMILES string of the molecule is COC1CCC(CC#N)CC1. The molecule has 0 aromatic rings. The van der Waals surface area contributed by atoms with Crippen LogP contribution in [0.2, 0.25) is 0 Å². The predicted molar refractivity (Wildman–Crippen MR) is 43.0 cm³/mol. The van der Waals surface area contributed by atoms with Crippen molar-refractivity contribution in [1.29, 1.82) is 5.26 Å². The number of nitrogens with zero attached hydrogens (tertiary/aromatic N) is 1. The fourth-order valence-electron chi connectivity index (χ4n) is 1.70. The predicted octanol–water partition coefficient (Wildman–Crippen LogP) is 2.11. The molecule has 0 spiro atoms. The summed E-state index contributed by atoms with van der Waals surface area (Å²) < 4.78 is 5.23. The summed E-state index contributed by atoms with van der Waals surface area (Å²) in [6.07, 6.45) is 5.82. The van der Waals surface area contributed by atoms with Crippen LogP contribution in [0.15, 0.2) is 0 Å². The Morgan fingerprint density at radius 1 is 1.36 bits per heavy atom. The second kappa shape index (κ2) is 4.35. The fraction of sp³-hybridized carbons (Fsp3) is 0.889. The van der Waals surface area contributed by atoms with E-state index in [9.17, 15) is 0 Å². The molecule has 62 valence electrons. The molecule has 0 radical (unpaired) electrons. The van der Waals surface area contributed by atoms with Crippen molar-refractivity contribution in [2.45, 2.75) is 38.2 Å². The molecule has 11 heavy (non-hydrogen) atoms. The second-order valence-corrected chi connectivity index (χ2v) is 3.24. The number of nitriles is 1. The van der Waals surface area contributed by atoms with Gasteiger partial charge in [0.05, 0.1) is 12.2 Å². The first-order valence-corrected chi connectivity index (χ1v) is 4.26. The average molecular weight is 153 g/mol. The minimum absolute atomic E-state index is 0.463. The number of hydrogen-bond donors (Lipinski definition) is 0. The van der Waals surface area contributed by atoms with Crippen molar-refractivity contribution in [3.63, 3.8) is 0 Å². The molecule has 0 saturated heterocycles. The molecule has 1 saturated carbocycles. The van der Waals surface area contributed by atoms with Crippen LogP contribution in [0.4, 0.5) is 0 Å². The van der Waals surface area contributed by atoms with Crippen LogP contribution in [0.25, 0.3) is 0 Å². The van der Waals surface area contributed by atoms with Crippen molar-refractivity contribution in [1.82, 2.24) is 0 Å². The first-order valence-electron chi connectivity index (χ1n) is 4.26. The van der Waals surface area contributed by atoms with Crippen molar-refractivity contribution in [2.75, 3.05) is 7.11 Å². The molecule has 2 heteroatoms. The van der Waals surface area contributed by atoms with Gasteiger partial charge in [-0.2, -0.15) is 5.26 Å². The van der Waals surface area contributed by atoms with Crippen LogP contribution < -0.4 is 0 Å². The molecule has 0 aromatic carbocycles. The maximum absolute atomic E-state index is 8.46. The lowest BCUT2D eigenvalue weighted by molar-refractivity contribution is 0.0574. The van der Waals surface area contributed by atoms with Crippen molar-refractivity contribution < 1.29 is 4.74 Å². The molecule has 0 bridgehead atoms. The van der Waals surface area contributed by atoms with Crippen molar-refractivity contribution in [2.24, 2.45) is 5.92 Å². The molecule has 0 N–H and O–H groups in total. The average Bonchev–Trinajstić information content (AvgIpc) is 2.07. The lowest BCUT2D eigenvalue weighted by Crippen LogP contribution is -2.19. The monoisotopic (exact) mass is 153 g/mol. The van der Waals surface area contributed by atoms with E-state index in [1.807, 2.05) is 0 Å². The Hall–Kier alpha value is -0.550. The number of methoxy groups -OCH3 is 1. The van der Waals surface area contributed by atoms with Crippen LogP contribution in [-0.4, -0.2) is 13.2 Å². The molecular formula is C9H15NO. The zero-order valence-electron chi connectivity index (χ0n) is 7.05. The summed E-state index contributed by atoms with van der Waals surface area (Å²) in [4.78, 5) is 0. The Labute approximate surface area is 68.2 Å². The van der Waals surface area contributed by atoms with E-state index in [0.717, 1.165) is 19.3 Å². The zero-order chi connectivity index (χ0) is 8.10. The Bertz CT molecular complexity index is 142. The minimum Gasteiger partial charge on any atom is -0.381 e. The molecule has 1 rings (SSSR count). The molecule has 0 aromatic heterocycles. The lowest BCUT2D eigenvalue weighted by Gasteiger charge is -2.25.